The third kappa shape index (κ3) is 6.69. The Balaban J connectivity index is 0.000000208. The normalized spacial score (nSPS) is 10.9. The van der Waals surface area contributed by atoms with E-state index in [1.54, 1.807) is 24.0 Å². The molecule has 0 saturated carbocycles. The van der Waals surface area contributed by atoms with Gasteiger partial charge in [-0.25, -0.2) is 8.42 Å². The number of hydrogen-bond donors (Lipinski definition) is 0. The summed E-state index contributed by atoms with van der Waals surface area (Å²) in [6, 6.07) is 21.9. The maximum Gasteiger partial charge on any atom is 0.257 e. The van der Waals surface area contributed by atoms with Crippen molar-refractivity contribution in [2.45, 2.75) is 11.8 Å². The van der Waals surface area contributed by atoms with Crippen molar-refractivity contribution in [3.8, 4) is 0 Å². The second-order valence-electron chi connectivity index (χ2n) is 5.65. The van der Waals surface area contributed by atoms with E-state index in [2.05, 4.69) is 18.2 Å². The average molecular weight is 383 g/mol. The summed E-state index contributed by atoms with van der Waals surface area (Å²) >= 11 is 0. The fraction of sp³-hybridized carbons (Fsp3) is 0.0952. The molecule has 0 unspecified atom stereocenters. The Morgan fingerprint density at radius 1 is 0.889 bits per heavy atom. The van der Waals surface area contributed by atoms with Crippen LogP contribution in [-0.4, -0.2) is 20.1 Å². The van der Waals surface area contributed by atoms with Crippen molar-refractivity contribution < 1.29 is 22.5 Å². The molecular weight excluding hydrogens is 362 g/mol. The molecule has 0 aliphatic rings. The highest BCUT2D eigenvalue weighted by Crippen LogP contribution is 2.08. The quantitative estimate of drug-likeness (QED) is 0.513. The van der Waals surface area contributed by atoms with E-state index < -0.39 is 10.1 Å². The van der Waals surface area contributed by atoms with Gasteiger partial charge in [0.1, 0.15) is 17.2 Å². The van der Waals surface area contributed by atoms with Crippen LogP contribution in [0.2, 0.25) is 0 Å². The fourth-order valence-corrected chi connectivity index (χ4v) is 2.66. The third-order valence-electron chi connectivity index (χ3n) is 3.61. The summed E-state index contributed by atoms with van der Waals surface area (Å²) in [5.41, 5.74) is 3.11. The van der Waals surface area contributed by atoms with Crippen LogP contribution in [0.15, 0.2) is 83.9 Å². The van der Waals surface area contributed by atoms with E-state index in [9.17, 15) is 13.0 Å². The first-order valence-electron chi connectivity index (χ1n) is 8.21. The highest BCUT2D eigenvalue weighted by atomic mass is 32.2. The van der Waals surface area contributed by atoms with Crippen LogP contribution in [0.3, 0.4) is 0 Å². The van der Waals surface area contributed by atoms with Gasteiger partial charge in [0.25, 0.3) is 5.69 Å². The molecule has 0 atom stereocenters. The zero-order valence-electron chi connectivity index (χ0n) is 15.1. The Kier molecular flexibility index (Phi) is 7.28. The van der Waals surface area contributed by atoms with Gasteiger partial charge in [0, 0.05) is 22.9 Å². The van der Waals surface area contributed by atoms with Gasteiger partial charge in [-0.15, -0.1) is 0 Å². The highest BCUT2D eigenvalue weighted by Gasteiger charge is 2.04. The van der Waals surface area contributed by atoms with Crippen LogP contribution in [0.4, 0.5) is 0 Å². The third-order valence-corrected chi connectivity index (χ3v) is 4.46. The molecule has 3 rings (SSSR count). The first kappa shape index (κ1) is 20.4. The Morgan fingerprint density at radius 3 is 2.11 bits per heavy atom. The second-order valence-corrected chi connectivity index (χ2v) is 7.02. The molecule has 140 valence electrons. The smallest absolute Gasteiger partial charge is 0.257 e. The predicted molar refractivity (Wildman–Crippen MR) is 104 cm³/mol. The summed E-state index contributed by atoms with van der Waals surface area (Å²) in [5.74, 6) is 0. The number of aryl methyl sites for hydroxylation is 1. The molecule has 0 saturated heterocycles. The van der Waals surface area contributed by atoms with Crippen LogP contribution in [0.5, 0.6) is 0 Å². The van der Waals surface area contributed by atoms with Crippen molar-refractivity contribution in [1.82, 2.24) is 0 Å². The predicted octanol–water partition coefficient (Wildman–Crippen LogP) is 3.10. The molecule has 3 aromatic rings. The summed E-state index contributed by atoms with van der Waals surface area (Å²) in [5, 5.41) is 0. The van der Waals surface area contributed by atoms with Gasteiger partial charge in [-0.3, -0.25) is 4.84 Å². The Morgan fingerprint density at radius 2 is 1.52 bits per heavy atom. The summed E-state index contributed by atoms with van der Waals surface area (Å²) in [7, 11) is -2.62. The van der Waals surface area contributed by atoms with Gasteiger partial charge < -0.3 is 4.55 Å². The Labute approximate surface area is 159 Å². The summed E-state index contributed by atoms with van der Waals surface area (Å²) in [6.07, 6.45) is 5.97. The molecule has 5 nitrogen and oxygen atoms in total. The van der Waals surface area contributed by atoms with Crippen molar-refractivity contribution in [1.29, 1.82) is 0 Å². The lowest BCUT2D eigenvalue weighted by atomic mass is 10.2. The maximum atomic E-state index is 10.4. The molecule has 0 spiro atoms. The number of pyridine rings is 1. The first-order chi connectivity index (χ1) is 12.9. The molecule has 1 heterocycles. The van der Waals surface area contributed by atoms with Crippen molar-refractivity contribution in [3.63, 3.8) is 0 Å². The molecule has 27 heavy (non-hydrogen) atoms. The van der Waals surface area contributed by atoms with Crippen molar-refractivity contribution in [2.75, 3.05) is 7.11 Å². The molecule has 0 N–H and O–H groups in total. The topological polar surface area (TPSA) is 70.3 Å². The highest BCUT2D eigenvalue weighted by molar-refractivity contribution is 7.85. The van der Waals surface area contributed by atoms with Gasteiger partial charge in [0.2, 0.25) is 6.20 Å². The second kappa shape index (κ2) is 9.66. The van der Waals surface area contributed by atoms with Crippen LogP contribution in [-0.2, 0) is 10.1 Å². The fourth-order valence-electron chi connectivity index (χ4n) is 2.19. The maximum absolute atomic E-state index is 10.4. The molecule has 0 aliphatic heterocycles. The molecule has 6 heteroatoms. The minimum atomic E-state index is -4.27. The monoisotopic (exact) mass is 383 g/mol. The van der Waals surface area contributed by atoms with Gasteiger partial charge in [-0.05, 0) is 36.8 Å². The lowest BCUT2D eigenvalue weighted by Gasteiger charge is -2.05. The number of aromatic nitrogens is 1. The van der Waals surface area contributed by atoms with Gasteiger partial charge in [0.05, 0.1) is 4.90 Å². The number of benzene rings is 2. The minimum Gasteiger partial charge on any atom is -0.744 e. The van der Waals surface area contributed by atoms with Crippen molar-refractivity contribution >= 4 is 22.3 Å². The van der Waals surface area contributed by atoms with Crippen LogP contribution in [0, 0.1) is 6.92 Å². The lowest BCUT2D eigenvalue weighted by molar-refractivity contribution is -0.886. The molecule has 1 aromatic heterocycles. The van der Waals surface area contributed by atoms with Gasteiger partial charge in [-0.2, -0.15) is 0 Å². The van der Waals surface area contributed by atoms with E-state index in [0.29, 0.717) is 0 Å². The van der Waals surface area contributed by atoms with Crippen molar-refractivity contribution in [2.24, 2.45) is 0 Å². The number of hydrogen-bond acceptors (Lipinski definition) is 4. The molecule has 0 radical (unpaired) electrons. The lowest BCUT2D eigenvalue weighted by Crippen LogP contribution is -2.42. The molecule has 2 aromatic carbocycles. The summed E-state index contributed by atoms with van der Waals surface area (Å²) in [4.78, 5) is 5.02. The molecule has 0 aliphatic carbocycles. The van der Waals surface area contributed by atoms with E-state index in [4.69, 9.17) is 4.84 Å². The zero-order valence-corrected chi connectivity index (χ0v) is 16.0. The summed E-state index contributed by atoms with van der Waals surface area (Å²) < 4.78 is 32.9. The van der Waals surface area contributed by atoms with E-state index >= 15 is 0 Å². The molecular formula is C21H21NO4S. The van der Waals surface area contributed by atoms with E-state index in [1.807, 2.05) is 55.6 Å². The summed E-state index contributed by atoms with van der Waals surface area (Å²) in [6.45, 7) is 1.82. The van der Waals surface area contributed by atoms with Crippen LogP contribution in [0.25, 0.3) is 12.2 Å². The van der Waals surface area contributed by atoms with Gasteiger partial charge in [-0.1, -0.05) is 48.0 Å². The largest absolute Gasteiger partial charge is 0.744 e. The first-order valence-corrected chi connectivity index (χ1v) is 9.62. The van der Waals surface area contributed by atoms with Gasteiger partial charge >= 0.3 is 0 Å². The van der Waals surface area contributed by atoms with Gasteiger partial charge in [0.15, 0.2) is 0 Å². The average Bonchev–Trinajstić information content (AvgIpc) is 2.67. The van der Waals surface area contributed by atoms with Crippen LogP contribution < -0.4 is 9.57 Å². The zero-order chi connectivity index (χ0) is 19.7. The van der Waals surface area contributed by atoms with E-state index in [0.717, 1.165) is 11.3 Å². The van der Waals surface area contributed by atoms with E-state index in [-0.39, 0.29) is 4.90 Å². The van der Waals surface area contributed by atoms with E-state index in [1.165, 1.54) is 17.7 Å². The minimum absolute atomic E-state index is 0.178. The van der Waals surface area contributed by atoms with Crippen molar-refractivity contribution in [3.05, 3.63) is 95.8 Å². The molecule has 0 bridgehead atoms. The Bertz CT molecular complexity index is 982. The van der Waals surface area contributed by atoms with Crippen LogP contribution >= 0.6 is 0 Å². The standard InChI is InChI=1S/C14H14NO.C7H8O3S/c1-16-15-12-6-5-9-14(15)11-10-13-7-3-2-4-8-13;1-6-2-4-7(5-3-6)11(8,9)10/h2-12H,1H3;2-5H,1H3,(H,8,9,10)/q+1;/p-1/b11-10+;. The Hall–Kier alpha value is -2.96. The van der Waals surface area contributed by atoms with Crippen LogP contribution in [0.1, 0.15) is 16.8 Å². The molecule has 0 fully saturated rings. The SMILES string of the molecule is CO[n+]1ccccc1/C=C/c1ccccc1.Cc1ccc(S(=O)(=O)[O-])cc1. The molecule has 0 amide bonds. The number of rotatable bonds is 4. The number of nitrogens with zero attached hydrogens (tertiary/aromatic N) is 1.